The molecule has 106 valence electrons. The zero-order valence-corrected chi connectivity index (χ0v) is 11.6. The molecule has 0 bridgehead atoms. The van der Waals surface area contributed by atoms with Crippen LogP contribution in [-0.4, -0.2) is 32.6 Å². The van der Waals surface area contributed by atoms with Crippen molar-refractivity contribution in [2.75, 3.05) is 18.0 Å². The van der Waals surface area contributed by atoms with E-state index >= 15 is 0 Å². The summed E-state index contributed by atoms with van der Waals surface area (Å²) in [5, 5.41) is 9.66. The molecule has 0 amide bonds. The van der Waals surface area contributed by atoms with Crippen LogP contribution in [0.5, 0.6) is 5.75 Å². The lowest BCUT2D eigenvalue weighted by Crippen LogP contribution is -2.19. The van der Waals surface area contributed by atoms with Crippen molar-refractivity contribution in [3.8, 4) is 17.0 Å². The Morgan fingerprint density at radius 2 is 1.95 bits per heavy atom. The van der Waals surface area contributed by atoms with Crippen molar-refractivity contribution in [2.45, 2.75) is 12.8 Å². The summed E-state index contributed by atoms with van der Waals surface area (Å²) in [4.78, 5) is 11.3. The Hall–Kier alpha value is -2.56. The van der Waals surface area contributed by atoms with Crippen molar-refractivity contribution in [3.05, 3.63) is 42.9 Å². The lowest BCUT2D eigenvalue weighted by atomic mass is 10.1. The van der Waals surface area contributed by atoms with Crippen LogP contribution < -0.4 is 4.90 Å². The highest BCUT2D eigenvalue weighted by Crippen LogP contribution is 2.28. The maximum atomic E-state index is 9.66. The van der Waals surface area contributed by atoms with E-state index in [9.17, 15) is 5.11 Å². The van der Waals surface area contributed by atoms with Crippen LogP contribution in [0.1, 0.15) is 12.8 Å². The monoisotopic (exact) mass is 280 g/mol. The number of aromatic hydroxyl groups is 1. The summed E-state index contributed by atoms with van der Waals surface area (Å²) in [7, 11) is 0. The van der Waals surface area contributed by atoms with Crippen LogP contribution in [0, 0.1) is 0 Å². The summed E-state index contributed by atoms with van der Waals surface area (Å²) in [5.74, 6) is 1.21. The summed E-state index contributed by atoms with van der Waals surface area (Å²) in [6.07, 6.45) is 7.99. The number of hydrogen-bond acceptors (Lipinski definition) is 4. The maximum Gasteiger partial charge on any atom is 0.180 e. The van der Waals surface area contributed by atoms with Crippen molar-refractivity contribution in [1.82, 2.24) is 14.4 Å². The molecule has 5 nitrogen and oxygen atoms in total. The SMILES string of the molecule is Oc1cccc(-c2cnc3c(N4CCCC4)nccn23)c1. The number of anilines is 1. The molecule has 1 N–H and O–H groups in total. The summed E-state index contributed by atoms with van der Waals surface area (Å²) < 4.78 is 2.04. The third-order valence-corrected chi connectivity index (χ3v) is 3.96. The molecule has 1 aliphatic rings. The number of fused-ring (bicyclic) bond motifs is 1. The zero-order valence-electron chi connectivity index (χ0n) is 11.6. The van der Waals surface area contributed by atoms with Crippen LogP contribution in [0.3, 0.4) is 0 Å². The molecule has 0 atom stereocenters. The van der Waals surface area contributed by atoms with Gasteiger partial charge in [-0.25, -0.2) is 9.97 Å². The molecular formula is C16H16N4O. The predicted molar refractivity (Wildman–Crippen MR) is 81.5 cm³/mol. The Kier molecular flexibility index (Phi) is 2.77. The fourth-order valence-corrected chi connectivity index (χ4v) is 2.94. The lowest BCUT2D eigenvalue weighted by molar-refractivity contribution is 0.475. The molecule has 21 heavy (non-hydrogen) atoms. The second-order valence-electron chi connectivity index (χ2n) is 5.33. The molecule has 0 aliphatic carbocycles. The molecule has 3 aromatic rings. The van der Waals surface area contributed by atoms with Crippen LogP contribution in [0.15, 0.2) is 42.9 Å². The molecule has 4 rings (SSSR count). The standard InChI is InChI=1S/C16H16N4O/c21-13-5-3-4-12(10-13)14-11-18-16-15(17-6-9-20(14)16)19-7-1-2-8-19/h3-6,9-11,21H,1-2,7-8H2. The van der Waals surface area contributed by atoms with E-state index in [1.165, 1.54) is 12.8 Å². The average Bonchev–Trinajstić information content (AvgIpc) is 3.16. The second kappa shape index (κ2) is 4.77. The van der Waals surface area contributed by atoms with Gasteiger partial charge in [0, 0.05) is 31.0 Å². The maximum absolute atomic E-state index is 9.66. The molecule has 0 radical (unpaired) electrons. The van der Waals surface area contributed by atoms with Gasteiger partial charge >= 0.3 is 0 Å². The van der Waals surface area contributed by atoms with Gasteiger partial charge in [-0.1, -0.05) is 12.1 Å². The van der Waals surface area contributed by atoms with Crippen LogP contribution in [0.2, 0.25) is 0 Å². The zero-order chi connectivity index (χ0) is 14.2. The van der Waals surface area contributed by atoms with Crippen molar-refractivity contribution < 1.29 is 5.11 Å². The van der Waals surface area contributed by atoms with E-state index in [0.29, 0.717) is 0 Å². The largest absolute Gasteiger partial charge is 0.508 e. The smallest absolute Gasteiger partial charge is 0.180 e. The van der Waals surface area contributed by atoms with Crippen LogP contribution in [0.25, 0.3) is 16.9 Å². The highest BCUT2D eigenvalue weighted by Gasteiger charge is 2.18. The van der Waals surface area contributed by atoms with E-state index in [4.69, 9.17) is 0 Å². The van der Waals surface area contributed by atoms with Gasteiger partial charge in [-0.15, -0.1) is 0 Å². The molecule has 1 aromatic carbocycles. The minimum absolute atomic E-state index is 0.260. The summed E-state index contributed by atoms with van der Waals surface area (Å²) in [6, 6.07) is 7.23. The Morgan fingerprint density at radius 1 is 1.10 bits per heavy atom. The topological polar surface area (TPSA) is 53.7 Å². The Balaban J connectivity index is 1.87. The quantitative estimate of drug-likeness (QED) is 0.784. The van der Waals surface area contributed by atoms with Crippen LogP contribution >= 0.6 is 0 Å². The number of phenolic OH excluding ortho intramolecular Hbond substituents is 1. The fourth-order valence-electron chi connectivity index (χ4n) is 2.94. The molecule has 1 aliphatic heterocycles. The Labute approximate surface area is 122 Å². The third kappa shape index (κ3) is 2.01. The van der Waals surface area contributed by atoms with E-state index < -0.39 is 0 Å². The Bertz CT molecular complexity index is 790. The first-order valence-electron chi connectivity index (χ1n) is 7.19. The third-order valence-electron chi connectivity index (χ3n) is 3.96. The van der Waals surface area contributed by atoms with Crippen molar-refractivity contribution in [1.29, 1.82) is 0 Å². The number of rotatable bonds is 2. The van der Waals surface area contributed by atoms with E-state index in [1.807, 2.05) is 35.1 Å². The normalized spacial score (nSPS) is 15.0. The number of phenols is 1. The predicted octanol–water partition coefficient (Wildman–Crippen LogP) is 2.70. The molecular weight excluding hydrogens is 264 g/mol. The molecule has 1 fully saturated rings. The molecule has 1 saturated heterocycles. The van der Waals surface area contributed by atoms with Crippen LogP contribution in [0.4, 0.5) is 5.82 Å². The molecule has 0 saturated carbocycles. The first-order valence-corrected chi connectivity index (χ1v) is 7.19. The van der Waals surface area contributed by atoms with Gasteiger partial charge in [-0.05, 0) is 25.0 Å². The van der Waals surface area contributed by atoms with E-state index in [1.54, 1.807) is 12.1 Å². The molecule has 5 heteroatoms. The lowest BCUT2D eigenvalue weighted by Gasteiger charge is -2.16. The first kappa shape index (κ1) is 12.2. The highest BCUT2D eigenvalue weighted by atomic mass is 16.3. The molecule has 0 unspecified atom stereocenters. The number of nitrogens with zero attached hydrogens (tertiary/aromatic N) is 4. The number of imidazole rings is 1. The Morgan fingerprint density at radius 3 is 2.76 bits per heavy atom. The van der Waals surface area contributed by atoms with E-state index in [0.717, 1.165) is 35.8 Å². The van der Waals surface area contributed by atoms with Crippen molar-refractivity contribution >= 4 is 11.5 Å². The number of benzene rings is 1. The van der Waals surface area contributed by atoms with Crippen LogP contribution in [-0.2, 0) is 0 Å². The summed E-state index contributed by atoms with van der Waals surface area (Å²) in [6.45, 7) is 2.09. The van der Waals surface area contributed by atoms with Gasteiger partial charge in [0.25, 0.3) is 0 Å². The molecule has 0 spiro atoms. The minimum atomic E-state index is 0.260. The van der Waals surface area contributed by atoms with Gasteiger partial charge in [-0.2, -0.15) is 0 Å². The van der Waals surface area contributed by atoms with Gasteiger partial charge in [0.2, 0.25) is 0 Å². The minimum Gasteiger partial charge on any atom is -0.508 e. The van der Waals surface area contributed by atoms with Gasteiger partial charge in [-0.3, -0.25) is 4.40 Å². The number of hydrogen-bond donors (Lipinski definition) is 1. The molecule has 3 heterocycles. The summed E-state index contributed by atoms with van der Waals surface area (Å²) >= 11 is 0. The van der Waals surface area contributed by atoms with Gasteiger partial charge < -0.3 is 10.0 Å². The average molecular weight is 280 g/mol. The second-order valence-corrected chi connectivity index (χ2v) is 5.33. The van der Waals surface area contributed by atoms with Crippen molar-refractivity contribution in [3.63, 3.8) is 0 Å². The van der Waals surface area contributed by atoms with E-state index in [-0.39, 0.29) is 5.75 Å². The highest BCUT2D eigenvalue weighted by molar-refractivity contribution is 5.72. The number of aromatic nitrogens is 3. The van der Waals surface area contributed by atoms with E-state index in [2.05, 4.69) is 14.9 Å². The summed E-state index contributed by atoms with van der Waals surface area (Å²) in [5.41, 5.74) is 2.78. The van der Waals surface area contributed by atoms with Gasteiger partial charge in [0.15, 0.2) is 11.5 Å². The van der Waals surface area contributed by atoms with Crippen molar-refractivity contribution in [2.24, 2.45) is 0 Å². The van der Waals surface area contributed by atoms with Gasteiger partial charge in [0.1, 0.15) is 5.75 Å². The van der Waals surface area contributed by atoms with Gasteiger partial charge in [0.05, 0.1) is 11.9 Å². The fraction of sp³-hybridized carbons (Fsp3) is 0.250. The first-order chi connectivity index (χ1) is 10.3. The molecule has 2 aromatic heterocycles.